The molecule has 0 heterocycles. The third-order valence-corrected chi connectivity index (χ3v) is 2.22. The Morgan fingerprint density at radius 2 is 2.19 bits per heavy atom. The van der Waals surface area contributed by atoms with Crippen molar-refractivity contribution in [2.24, 2.45) is 0 Å². The van der Waals surface area contributed by atoms with E-state index >= 15 is 0 Å². The smallest absolute Gasteiger partial charge is 0.304 e. The molecule has 0 aliphatic carbocycles. The van der Waals surface area contributed by atoms with E-state index in [1.165, 1.54) is 19.2 Å². The molecule has 1 atom stereocenters. The van der Waals surface area contributed by atoms with Gasteiger partial charge in [0.15, 0.2) is 0 Å². The molecule has 0 aromatic heterocycles. The zero-order chi connectivity index (χ0) is 12.1. The van der Waals surface area contributed by atoms with Crippen LogP contribution in [0, 0.1) is 0 Å². The van der Waals surface area contributed by atoms with Crippen molar-refractivity contribution in [1.29, 1.82) is 0 Å². The molecule has 0 spiro atoms. The third kappa shape index (κ3) is 3.18. The van der Waals surface area contributed by atoms with Crippen LogP contribution in [0.5, 0.6) is 5.75 Å². The fraction of sp³-hybridized carbons (Fsp3) is 0.364. The highest BCUT2D eigenvalue weighted by molar-refractivity contribution is 5.68. The molecule has 88 valence electrons. The predicted molar refractivity (Wildman–Crippen MR) is 54.0 cm³/mol. The van der Waals surface area contributed by atoms with E-state index in [2.05, 4.69) is 0 Å². The first-order valence-corrected chi connectivity index (χ1v) is 4.68. The normalized spacial score (nSPS) is 12.5. The van der Waals surface area contributed by atoms with Gasteiger partial charge in [0.2, 0.25) is 6.43 Å². The Bertz CT molecular complexity index is 366. The van der Waals surface area contributed by atoms with Gasteiger partial charge in [-0.2, -0.15) is 0 Å². The topological polar surface area (TPSA) is 46.5 Å². The monoisotopic (exact) mass is 230 g/mol. The number of carboxylic acids is 1. The summed E-state index contributed by atoms with van der Waals surface area (Å²) in [5.74, 6) is -2.10. The van der Waals surface area contributed by atoms with Crippen LogP contribution in [0.4, 0.5) is 8.78 Å². The summed E-state index contributed by atoms with van der Waals surface area (Å²) in [6.07, 6.45) is -3.30. The zero-order valence-electron chi connectivity index (χ0n) is 8.69. The lowest BCUT2D eigenvalue weighted by Gasteiger charge is -2.14. The molecule has 1 N–H and O–H groups in total. The number of methoxy groups -OCH3 is 1. The van der Waals surface area contributed by atoms with Crippen LogP contribution in [-0.2, 0) is 4.79 Å². The molecule has 0 radical (unpaired) electrons. The Kier molecular flexibility index (Phi) is 4.22. The van der Waals surface area contributed by atoms with Crippen LogP contribution in [0.15, 0.2) is 24.3 Å². The molecule has 0 aliphatic heterocycles. The molecule has 1 unspecified atom stereocenters. The van der Waals surface area contributed by atoms with Gasteiger partial charge in [-0.1, -0.05) is 12.1 Å². The molecule has 0 amide bonds. The fourth-order valence-corrected chi connectivity index (χ4v) is 1.41. The molecule has 1 aromatic carbocycles. The van der Waals surface area contributed by atoms with E-state index in [0.717, 1.165) is 0 Å². The number of halogens is 2. The summed E-state index contributed by atoms with van der Waals surface area (Å²) in [6.45, 7) is 0. The molecule has 1 rings (SSSR count). The molecule has 0 bridgehead atoms. The molecule has 3 nitrogen and oxygen atoms in total. The van der Waals surface area contributed by atoms with Crippen molar-refractivity contribution in [2.75, 3.05) is 7.11 Å². The average molecular weight is 230 g/mol. The van der Waals surface area contributed by atoms with Gasteiger partial charge in [0.1, 0.15) is 5.75 Å². The van der Waals surface area contributed by atoms with Crippen LogP contribution in [-0.4, -0.2) is 24.6 Å². The molecule has 5 heteroatoms. The van der Waals surface area contributed by atoms with Crippen LogP contribution in [0.1, 0.15) is 17.9 Å². The molecule has 0 saturated heterocycles. The minimum absolute atomic E-state index is 0.275. The van der Waals surface area contributed by atoms with Crippen molar-refractivity contribution >= 4 is 5.97 Å². The largest absolute Gasteiger partial charge is 0.497 e. The first-order chi connectivity index (χ1) is 7.54. The maximum absolute atomic E-state index is 12.7. The highest BCUT2D eigenvalue weighted by Crippen LogP contribution is 2.29. The SMILES string of the molecule is COc1cccc(C(CC(=O)O)C(F)F)c1. The minimum Gasteiger partial charge on any atom is -0.497 e. The van der Waals surface area contributed by atoms with Gasteiger partial charge in [0.25, 0.3) is 0 Å². The Hall–Kier alpha value is -1.65. The number of benzene rings is 1. The van der Waals surface area contributed by atoms with E-state index in [4.69, 9.17) is 9.84 Å². The van der Waals surface area contributed by atoms with Crippen LogP contribution in [0.3, 0.4) is 0 Å². The van der Waals surface area contributed by atoms with Crippen molar-refractivity contribution in [3.63, 3.8) is 0 Å². The van der Waals surface area contributed by atoms with Gasteiger partial charge < -0.3 is 9.84 Å². The number of alkyl halides is 2. The van der Waals surface area contributed by atoms with Crippen molar-refractivity contribution in [3.05, 3.63) is 29.8 Å². The predicted octanol–water partition coefficient (Wildman–Crippen LogP) is 2.52. The third-order valence-electron chi connectivity index (χ3n) is 2.22. The number of carboxylic acid groups (broad SMARTS) is 1. The Morgan fingerprint density at radius 3 is 2.69 bits per heavy atom. The minimum atomic E-state index is -2.71. The lowest BCUT2D eigenvalue weighted by molar-refractivity contribution is -0.138. The quantitative estimate of drug-likeness (QED) is 0.845. The van der Waals surface area contributed by atoms with Crippen LogP contribution in [0.25, 0.3) is 0 Å². The number of hydrogen-bond acceptors (Lipinski definition) is 2. The summed E-state index contributed by atoms with van der Waals surface area (Å²) < 4.78 is 30.3. The van der Waals surface area contributed by atoms with Crippen molar-refractivity contribution < 1.29 is 23.4 Å². The lowest BCUT2D eigenvalue weighted by Crippen LogP contribution is -2.14. The van der Waals surface area contributed by atoms with Gasteiger partial charge in [0.05, 0.1) is 19.4 Å². The van der Waals surface area contributed by atoms with Gasteiger partial charge >= 0.3 is 5.97 Å². The second kappa shape index (κ2) is 5.44. The van der Waals surface area contributed by atoms with E-state index in [-0.39, 0.29) is 5.56 Å². The molecule has 0 saturated carbocycles. The number of hydrogen-bond donors (Lipinski definition) is 1. The van der Waals surface area contributed by atoms with Crippen LogP contribution in [0.2, 0.25) is 0 Å². The molecular weight excluding hydrogens is 218 g/mol. The number of aliphatic carboxylic acids is 1. The van der Waals surface area contributed by atoms with Gasteiger partial charge in [-0.25, -0.2) is 8.78 Å². The first-order valence-electron chi connectivity index (χ1n) is 4.68. The van der Waals surface area contributed by atoms with Crippen LogP contribution >= 0.6 is 0 Å². The number of ether oxygens (including phenoxy) is 1. The summed E-state index contributed by atoms with van der Waals surface area (Å²) in [6, 6.07) is 6.08. The average Bonchev–Trinajstić information content (AvgIpc) is 2.25. The maximum atomic E-state index is 12.7. The summed E-state index contributed by atoms with van der Waals surface area (Å²) in [7, 11) is 1.42. The standard InChI is InChI=1S/C11H12F2O3/c1-16-8-4-2-3-7(5-8)9(11(12)13)6-10(14)15/h2-5,9,11H,6H2,1H3,(H,14,15). The number of rotatable bonds is 5. The van der Waals surface area contributed by atoms with E-state index in [9.17, 15) is 13.6 Å². The Labute approximate surface area is 91.7 Å². The molecule has 0 aliphatic rings. The highest BCUT2D eigenvalue weighted by Gasteiger charge is 2.25. The van der Waals surface area contributed by atoms with Crippen molar-refractivity contribution in [2.45, 2.75) is 18.8 Å². The van der Waals surface area contributed by atoms with E-state index < -0.39 is 24.7 Å². The van der Waals surface area contributed by atoms with E-state index in [1.54, 1.807) is 12.1 Å². The molecule has 0 fully saturated rings. The summed E-state index contributed by atoms with van der Waals surface area (Å²) in [5.41, 5.74) is 0.275. The van der Waals surface area contributed by atoms with Crippen LogP contribution < -0.4 is 4.74 Å². The lowest BCUT2D eigenvalue weighted by atomic mass is 9.96. The molecule has 16 heavy (non-hydrogen) atoms. The van der Waals surface area contributed by atoms with E-state index in [0.29, 0.717) is 5.75 Å². The summed E-state index contributed by atoms with van der Waals surface area (Å²) in [5, 5.41) is 8.56. The summed E-state index contributed by atoms with van der Waals surface area (Å²) in [4.78, 5) is 10.5. The maximum Gasteiger partial charge on any atom is 0.304 e. The summed E-state index contributed by atoms with van der Waals surface area (Å²) >= 11 is 0. The highest BCUT2D eigenvalue weighted by atomic mass is 19.3. The second-order valence-electron chi connectivity index (χ2n) is 3.32. The van der Waals surface area contributed by atoms with Gasteiger partial charge in [-0.15, -0.1) is 0 Å². The molecule has 1 aromatic rings. The number of carbonyl (C=O) groups is 1. The fourth-order valence-electron chi connectivity index (χ4n) is 1.41. The van der Waals surface area contributed by atoms with E-state index in [1.807, 2.05) is 0 Å². The Morgan fingerprint density at radius 1 is 1.50 bits per heavy atom. The Balaban J connectivity index is 2.95. The van der Waals surface area contributed by atoms with Crippen molar-refractivity contribution in [3.8, 4) is 5.75 Å². The first kappa shape index (κ1) is 12.4. The van der Waals surface area contributed by atoms with Gasteiger partial charge in [-0.3, -0.25) is 4.79 Å². The van der Waals surface area contributed by atoms with Gasteiger partial charge in [-0.05, 0) is 17.7 Å². The van der Waals surface area contributed by atoms with Crippen molar-refractivity contribution in [1.82, 2.24) is 0 Å². The van der Waals surface area contributed by atoms with Gasteiger partial charge in [0, 0.05) is 0 Å². The molecular formula is C11H12F2O3. The zero-order valence-corrected chi connectivity index (χ0v) is 8.69. The second-order valence-corrected chi connectivity index (χ2v) is 3.32.